The summed E-state index contributed by atoms with van der Waals surface area (Å²) in [5.41, 5.74) is 6.15. The van der Waals surface area contributed by atoms with Gasteiger partial charge in [-0.2, -0.15) is 5.26 Å². The summed E-state index contributed by atoms with van der Waals surface area (Å²) in [6.45, 7) is 7.88. The normalized spacial score (nSPS) is 23.4. The molecule has 0 bridgehead atoms. The van der Waals surface area contributed by atoms with Gasteiger partial charge in [0, 0.05) is 63.5 Å². The van der Waals surface area contributed by atoms with Crippen molar-refractivity contribution in [2.45, 2.75) is 64.6 Å². The topological polar surface area (TPSA) is 134 Å². The molecule has 1 unspecified atom stereocenters. The molecule has 5 aliphatic rings. The smallest absolute Gasteiger partial charge is 0.262 e. The molecule has 3 atom stereocenters. The molecule has 54 heavy (non-hydrogen) atoms. The van der Waals surface area contributed by atoms with Gasteiger partial charge in [-0.15, -0.1) is 0 Å². The number of fused-ring (bicyclic) bond motifs is 2. The third-order valence-electron chi connectivity index (χ3n) is 12.2. The number of nitrogens with one attached hydrogen (secondary N) is 1. The maximum atomic E-state index is 13.6. The molecule has 0 aliphatic carbocycles. The number of nitriles is 1. The lowest BCUT2D eigenvalue weighted by Gasteiger charge is -2.37. The van der Waals surface area contributed by atoms with Crippen LogP contribution in [0.2, 0.25) is 5.02 Å². The largest absolute Gasteiger partial charge is 0.372 e. The monoisotopic (exact) mass is 746 g/mol. The van der Waals surface area contributed by atoms with E-state index < -0.39 is 23.8 Å². The Morgan fingerprint density at radius 2 is 1.57 bits per heavy atom. The van der Waals surface area contributed by atoms with Crippen molar-refractivity contribution >= 4 is 46.8 Å². The number of anilines is 1. The van der Waals surface area contributed by atoms with E-state index in [4.69, 9.17) is 11.6 Å². The summed E-state index contributed by atoms with van der Waals surface area (Å²) in [5, 5.41) is 11.9. The summed E-state index contributed by atoms with van der Waals surface area (Å²) in [4.78, 5) is 72.0. The Morgan fingerprint density at radius 1 is 0.889 bits per heavy atom. The standard InChI is InChI=1S/C42H43ClN6O5/c1-25-10-13-48(24-30(25)16-27-2-3-29(20-44)36(43)17-27)40(52)28-4-6-33(7-5-28)47-14-11-26(12-15-47)21-46-22-31-18-34-35(19-32(31)23-46)42(54)49(41(34)53)37-8-9-38(50)45-39(37)51/h2-7,17-19,25-26,30,37H,8-16,21-24H2,1H3,(H,45,50,51)/t25-,30-,37?/m1/s1. The summed E-state index contributed by atoms with van der Waals surface area (Å²) in [7, 11) is 0. The molecule has 3 aromatic rings. The summed E-state index contributed by atoms with van der Waals surface area (Å²) in [6, 6.07) is 18.5. The van der Waals surface area contributed by atoms with E-state index in [1.54, 1.807) is 6.07 Å². The number of carbonyl (C=O) groups is 5. The van der Waals surface area contributed by atoms with Crippen LogP contribution in [0.1, 0.15) is 92.4 Å². The molecule has 1 N–H and O–H groups in total. The number of nitrogens with zero attached hydrogens (tertiary/aromatic N) is 5. The highest BCUT2D eigenvalue weighted by atomic mass is 35.5. The molecule has 5 aliphatic heterocycles. The second-order valence-electron chi connectivity index (χ2n) is 15.7. The zero-order valence-electron chi connectivity index (χ0n) is 30.4. The molecule has 12 heteroatoms. The first kappa shape index (κ1) is 36.0. The predicted octanol–water partition coefficient (Wildman–Crippen LogP) is 5.19. The van der Waals surface area contributed by atoms with Crippen molar-refractivity contribution in [1.82, 2.24) is 20.0 Å². The molecule has 0 spiro atoms. The van der Waals surface area contributed by atoms with E-state index in [2.05, 4.69) is 40.2 Å². The molecule has 3 fully saturated rings. The van der Waals surface area contributed by atoms with E-state index >= 15 is 0 Å². The summed E-state index contributed by atoms with van der Waals surface area (Å²) < 4.78 is 0. The highest BCUT2D eigenvalue weighted by Crippen LogP contribution is 2.35. The third-order valence-corrected chi connectivity index (χ3v) is 12.5. The number of benzene rings is 3. The number of amides is 5. The lowest BCUT2D eigenvalue weighted by molar-refractivity contribution is -0.136. The zero-order chi connectivity index (χ0) is 37.7. The number of likely N-dealkylation sites (tertiary alicyclic amines) is 1. The van der Waals surface area contributed by atoms with Crippen molar-refractivity contribution in [2.24, 2.45) is 17.8 Å². The second-order valence-corrected chi connectivity index (χ2v) is 16.1. The van der Waals surface area contributed by atoms with Gasteiger partial charge in [-0.25, -0.2) is 0 Å². The van der Waals surface area contributed by atoms with Crippen molar-refractivity contribution < 1.29 is 24.0 Å². The SMILES string of the molecule is C[C@@H]1CCN(C(=O)c2ccc(N3CCC(CN4Cc5cc6c(cc5C4)C(=O)N(C4CCC(=O)NC4=O)C6=O)CC3)cc2)C[C@H]1Cc1ccc(C#N)c(Cl)c1. The summed E-state index contributed by atoms with van der Waals surface area (Å²) in [6.07, 6.45) is 4.09. The van der Waals surface area contributed by atoms with Gasteiger partial charge in [-0.1, -0.05) is 24.6 Å². The van der Waals surface area contributed by atoms with Gasteiger partial charge in [0.05, 0.1) is 21.7 Å². The molecule has 11 nitrogen and oxygen atoms in total. The number of hydrogen-bond donors (Lipinski definition) is 1. The third kappa shape index (κ3) is 6.89. The molecule has 3 saturated heterocycles. The molecule has 0 radical (unpaired) electrons. The molecule has 278 valence electrons. The lowest BCUT2D eigenvalue weighted by atomic mass is 9.82. The average molecular weight is 747 g/mol. The number of imide groups is 2. The van der Waals surface area contributed by atoms with E-state index in [-0.39, 0.29) is 24.7 Å². The van der Waals surface area contributed by atoms with Gasteiger partial charge in [-0.3, -0.25) is 39.1 Å². The Bertz CT molecular complexity index is 2040. The predicted molar refractivity (Wildman–Crippen MR) is 202 cm³/mol. The minimum Gasteiger partial charge on any atom is -0.372 e. The van der Waals surface area contributed by atoms with E-state index in [1.165, 1.54) is 0 Å². The number of carbonyl (C=O) groups excluding carboxylic acids is 5. The number of halogens is 1. The van der Waals surface area contributed by atoms with Crippen LogP contribution in [-0.4, -0.2) is 83.0 Å². The van der Waals surface area contributed by atoms with Gasteiger partial charge >= 0.3 is 0 Å². The van der Waals surface area contributed by atoms with Gasteiger partial charge in [0.25, 0.3) is 17.7 Å². The van der Waals surface area contributed by atoms with Crippen LogP contribution in [0, 0.1) is 29.1 Å². The van der Waals surface area contributed by atoms with Crippen LogP contribution in [0.4, 0.5) is 5.69 Å². The van der Waals surface area contributed by atoms with Crippen LogP contribution >= 0.6 is 11.6 Å². The van der Waals surface area contributed by atoms with Crippen molar-refractivity contribution in [1.29, 1.82) is 5.26 Å². The minimum absolute atomic E-state index is 0.0623. The van der Waals surface area contributed by atoms with Crippen LogP contribution in [0.3, 0.4) is 0 Å². The van der Waals surface area contributed by atoms with Gasteiger partial charge in [0.2, 0.25) is 11.8 Å². The zero-order valence-corrected chi connectivity index (χ0v) is 31.1. The summed E-state index contributed by atoms with van der Waals surface area (Å²) in [5.74, 6) is -0.543. The minimum atomic E-state index is -0.960. The number of piperidine rings is 3. The molecule has 0 saturated carbocycles. The van der Waals surface area contributed by atoms with Gasteiger partial charge in [0.15, 0.2) is 0 Å². The fourth-order valence-corrected chi connectivity index (χ4v) is 9.23. The molecule has 5 amide bonds. The maximum absolute atomic E-state index is 13.6. The fourth-order valence-electron chi connectivity index (χ4n) is 8.98. The summed E-state index contributed by atoms with van der Waals surface area (Å²) >= 11 is 6.29. The van der Waals surface area contributed by atoms with E-state index in [0.29, 0.717) is 64.7 Å². The van der Waals surface area contributed by atoms with E-state index in [1.807, 2.05) is 41.3 Å². The van der Waals surface area contributed by atoms with Crippen LogP contribution in [0.15, 0.2) is 54.6 Å². The highest BCUT2D eigenvalue weighted by Gasteiger charge is 2.45. The number of hydrogen-bond acceptors (Lipinski definition) is 8. The first-order valence-corrected chi connectivity index (χ1v) is 19.4. The van der Waals surface area contributed by atoms with Crippen molar-refractivity contribution in [3.05, 3.63) is 98.6 Å². The Hall–Kier alpha value is -5.05. The average Bonchev–Trinajstić information content (AvgIpc) is 3.67. The maximum Gasteiger partial charge on any atom is 0.262 e. The van der Waals surface area contributed by atoms with Crippen molar-refractivity contribution in [3.63, 3.8) is 0 Å². The Morgan fingerprint density at radius 3 is 2.20 bits per heavy atom. The lowest BCUT2D eigenvalue weighted by Crippen LogP contribution is -2.54. The van der Waals surface area contributed by atoms with Crippen LogP contribution < -0.4 is 10.2 Å². The van der Waals surface area contributed by atoms with E-state index in [0.717, 1.165) is 79.1 Å². The Labute approximate surface area is 319 Å². The fraction of sp³-hybridized carbons (Fsp3) is 0.429. The van der Waals surface area contributed by atoms with Crippen LogP contribution in [0.5, 0.6) is 0 Å². The van der Waals surface area contributed by atoms with Gasteiger partial charge in [0.1, 0.15) is 12.1 Å². The number of rotatable bonds is 7. The molecular formula is C42H43ClN6O5. The Balaban J connectivity index is 0.824. The van der Waals surface area contributed by atoms with Crippen molar-refractivity contribution in [3.8, 4) is 6.07 Å². The van der Waals surface area contributed by atoms with Crippen LogP contribution in [0.25, 0.3) is 0 Å². The van der Waals surface area contributed by atoms with Gasteiger partial charge in [-0.05, 0) is 115 Å². The molecule has 0 aromatic heterocycles. The highest BCUT2D eigenvalue weighted by molar-refractivity contribution is 6.31. The Kier molecular flexibility index (Phi) is 9.75. The quantitative estimate of drug-likeness (QED) is 0.327. The first-order chi connectivity index (χ1) is 26.1. The molecule has 3 aromatic carbocycles. The van der Waals surface area contributed by atoms with E-state index in [9.17, 15) is 29.2 Å². The second kappa shape index (κ2) is 14.6. The molecule has 8 rings (SSSR count). The van der Waals surface area contributed by atoms with Crippen molar-refractivity contribution in [2.75, 3.05) is 37.6 Å². The first-order valence-electron chi connectivity index (χ1n) is 19.0. The van der Waals surface area contributed by atoms with Gasteiger partial charge < -0.3 is 9.80 Å². The molecular weight excluding hydrogens is 704 g/mol. The molecule has 5 heterocycles. The van der Waals surface area contributed by atoms with Crippen LogP contribution in [-0.2, 0) is 29.1 Å².